The molecule has 0 saturated heterocycles. The van der Waals surface area contributed by atoms with Crippen molar-refractivity contribution in [2.45, 2.75) is 19.6 Å². The van der Waals surface area contributed by atoms with Gasteiger partial charge in [0.15, 0.2) is 11.5 Å². The van der Waals surface area contributed by atoms with E-state index in [4.69, 9.17) is 37.8 Å². The number of hydrogen-bond donors (Lipinski definition) is 3. The molecule has 0 saturated carbocycles. The van der Waals surface area contributed by atoms with Crippen LogP contribution in [0.15, 0.2) is 36.4 Å². The number of ether oxygens (including phenoxy) is 2. The van der Waals surface area contributed by atoms with Crippen LogP contribution in [0.3, 0.4) is 0 Å². The third-order valence-corrected chi connectivity index (χ3v) is 4.40. The number of aliphatic hydroxyl groups is 1. The first-order valence-corrected chi connectivity index (χ1v) is 9.65. The number of nitrogens with one attached hydrogen (secondary N) is 2. The van der Waals surface area contributed by atoms with E-state index in [9.17, 15) is 0 Å². The van der Waals surface area contributed by atoms with Crippen molar-refractivity contribution in [1.29, 1.82) is 0 Å². The van der Waals surface area contributed by atoms with Gasteiger partial charge in [-0.05, 0) is 54.9 Å². The summed E-state index contributed by atoms with van der Waals surface area (Å²) < 4.78 is 11.3. The summed E-state index contributed by atoms with van der Waals surface area (Å²) in [5.74, 6) is 1.13. The Labute approximate surface area is 170 Å². The lowest BCUT2D eigenvalue weighted by molar-refractivity contribution is 0.284. The molecule has 3 N–H and O–H groups in total. The number of hydrogen-bond acceptors (Lipinski definition) is 5. The van der Waals surface area contributed by atoms with E-state index in [2.05, 4.69) is 10.6 Å². The Hall–Kier alpha value is -1.50. The lowest BCUT2D eigenvalue weighted by atomic mass is 10.2. The highest BCUT2D eigenvalue weighted by Crippen LogP contribution is 2.37. The van der Waals surface area contributed by atoms with Crippen LogP contribution >= 0.6 is 23.2 Å². The van der Waals surface area contributed by atoms with Crippen molar-refractivity contribution in [3.63, 3.8) is 0 Å². The number of benzene rings is 2. The van der Waals surface area contributed by atoms with Crippen LogP contribution in [-0.4, -0.2) is 38.5 Å². The maximum atomic E-state index is 8.71. The van der Waals surface area contributed by atoms with Crippen LogP contribution in [0.2, 0.25) is 10.0 Å². The molecular formula is C20H26Cl2N2O3. The largest absolute Gasteiger partial charge is 0.493 e. The topological polar surface area (TPSA) is 62.8 Å². The van der Waals surface area contributed by atoms with Gasteiger partial charge in [-0.3, -0.25) is 0 Å². The fourth-order valence-corrected chi connectivity index (χ4v) is 3.07. The van der Waals surface area contributed by atoms with E-state index in [1.807, 2.05) is 36.4 Å². The molecule has 27 heavy (non-hydrogen) atoms. The van der Waals surface area contributed by atoms with Gasteiger partial charge in [-0.1, -0.05) is 35.3 Å². The van der Waals surface area contributed by atoms with Crippen LogP contribution in [0.4, 0.5) is 0 Å². The SMILES string of the molecule is COc1cc(CNCCCNCCO)cc(Cl)c1OCc1cccc(Cl)c1. The quantitative estimate of drug-likeness (QED) is 0.464. The van der Waals surface area contributed by atoms with Gasteiger partial charge in [0.25, 0.3) is 0 Å². The minimum Gasteiger partial charge on any atom is -0.493 e. The molecule has 0 aliphatic carbocycles. The van der Waals surface area contributed by atoms with Crippen LogP contribution < -0.4 is 20.1 Å². The van der Waals surface area contributed by atoms with Crippen molar-refractivity contribution in [1.82, 2.24) is 10.6 Å². The molecule has 148 valence electrons. The molecule has 0 spiro atoms. The third-order valence-electron chi connectivity index (χ3n) is 3.89. The number of methoxy groups -OCH3 is 1. The van der Waals surface area contributed by atoms with Gasteiger partial charge >= 0.3 is 0 Å². The smallest absolute Gasteiger partial charge is 0.180 e. The molecule has 2 rings (SSSR count). The summed E-state index contributed by atoms with van der Waals surface area (Å²) >= 11 is 12.4. The second-order valence-corrected chi connectivity index (χ2v) is 6.88. The zero-order valence-corrected chi connectivity index (χ0v) is 16.9. The monoisotopic (exact) mass is 412 g/mol. The molecular weight excluding hydrogens is 387 g/mol. The van der Waals surface area contributed by atoms with Crippen molar-refractivity contribution in [3.8, 4) is 11.5 Å². The third kappa shape index (κ3) is 7.56. The normalized spacial score (nSPS) is 10.8. The van der Waals surface area contributed by atoms with Crippen molar-refractivity contribution in [3.05, 3.63) is 57.6 Å². The molecule has 0 aromatic heterocycles. The maximum absolute atomic E-state index is 8.71. The van der Waals surface area contributed by atoms with Crippen LogP contribution in [0.5, 0.6) is 11.5 Å². The molecule has 0 amide bonds. The molecule has 0 atom stereocenters. The molecule has 2 aromatic rings. The van der Waals surface area contributed by atoms with Gasteiger partial charge in [-0.15, -0.1) is 0 Å². The second kappa shape index (κ2) is 12.1. The van der Waals surface area contributed by atoms with Gasteiger partial charge < -0.3 is 25.2 Å². The molecule has 0 aliphatic rings. The van der Waals surface area contributed by atoms with Gasteiger partial charge in [-0.25, -0.2) is 0 Å². The summed E-state index contributed by atoms with van der Waals surface area (Å²) in [5, 5.41) is 16.4. The Morgan fingerprint density at radius 2 is 1.81 bits per heavy atom. The summed E-state index contributed by atoms with van der Waals surface area (Å²) in [6.45, 7) is 3.57. The zero-order chi connectivity index (χ0) is 19.5. The van der Waals surface area contributed by atoms with E-state index in [1.54, 1.807) is 7.11 Å². The van der Waals surface area contributed by atoms with Gasteiger partial charge in [0.2, 0.25) is 0 Å². The van der Waals surface area contributed by atoms with Crippen molar-refractivity contribution < 1.29 is 14.6 Å². The summed E-state index contributed by atoms with van der Waals surface area (Å²) in [6.07, 6.45) is 0.978. The standard InChI is InChI=1S/C20H26Cl2N2O3/c1-26-19-12-16(13-24-7-3-6-23-8-9-25)11-18(22)20(19)27-14-15-4-2-5-17(21)10-15/h2,4-5,10-12,23-25H,3,6-9,13-14H2,1H3. The van der Waals surface area contributed by atoms with E-state index in [0.29, 0.717) is 41.2 Å². The number of aliphatic hydroxyl groups excluding tert-OH is 1. The lowest BCUT2D eigenvalue weighted by Gasteiger charge is -2.15. The van der Waals surface area contributed by atoms with E-state index >= 15 is 0 Å². The van der Waals surface area contributed by atoms with Crippen molar-refractivity contribution in [2.24, 2.45) is 0 Å². The lowest BCUT2D eigenvalue weighted by Crippen LogP contribution is -2.23. The number of rotatable bonds is 12. The van der Waals surface area contributed by atoms with Gasteiger partial charge in [0.05, 0.1) is 18.7 Å². The van der Waals surface area contributed by atoms with E-state index in [0.717, 1.165) is 30.6 Å². The summed E-state index contributed by atoms with van der Waals surface area (Å²) in [4.78, 5) is 0. The Bertz CT molecular complexity index is 714. The van der Waals surface area contributed by atoms with Crippen LogP contribution in [-0.2, 0) is 13.2 Å². The molecule has 0 radical (unpaired) electrons. The average molecular weight is 413 g/mol. The Balaban J connectivity index is 1.90. The average Bonchev–Trinajstić information content (AvgIpc) is 2.66. The van der Waals surface area contributed by atoms with Crippen LogP contribution in [0.25, 0.3) is 0 Å². The minimum atomic E-state index is 0.164. The minimum absolute atomic E-state index is 0.164. The van der Waals surface area contributed by atoms with Crippen molar-refractivity contribution >= 4 is 23.2 Å². The Morgan fingerprint density at radius 1 is 1.00 bits per heavy atom. The molecule has 0 bridgehead atoms. The first-order chi connectivity index (χ1) is 13.1. The van der Waals surface area contributed by atoms with Crippen LogP contribution in [0.1, 0.15) is 17.5 Å². The first kappa shape index (κ1) is 21.8. The summed E-state index contributed by atoms with van der Waals surface area (Å²) in [6, 6.07) is 11.3. The molecule has 2 aromatic carbocycles. The molecule has 0 aliphatic heterocycles. The molecule has 0 unspecified atom stereocenters. The van der Waals surface area contributed by atoms with Crippen molar-refractivity contribution in [2.75, 3.05) is 33.4 Å². The highest BCUT2D eigenvalue weighted by molar-refractivity contribution is 6.32. The predicted molar refractivity (Wildman–Crippen MR) is 110 cm³/mol. The van der Waals surface area contributed by atoms with E-state index in [1.165, 1.54) is 0 Å². The van der Waals surface area contributed by atoms with Gasteiger partial charge in [0.1, 0.15) is 6.61 Å². The zero-order valence-electron chi connectivity index (χ0n) is 15.4. The maximum Gasteiger partial charge on any atom is 0.180 e. The highest BCUT2D eigenvalue weighted by Gasteiger charge is 2.12. The summed E-state index contributed by atoms with van der Waals surface area (Å²) in [5.41, 5.74) is 1.98. The first-order valence-electron chi connectivity index (χ1n) is 8.90. The molecule has 5 nitrogen and oxygen atoms in total. The molecule has 0 fully saturated rings. The Morgan fingerprint density at radius 3 is 2.56 bits per heavy atom. The summed E-state index contributed by atoms with van der Waals surface area (Å²) in [7, 11) is 1.60. The molecule has 7 heteroatoms. The fourth-order valence-electron chi connectivity index (χ4n) is 2.57. The Kier molecular flexibility index (Phi) is 9.73. The van der Waals surface area contributed by atoms with Gasteiger partial charge in [0, 0.05) is 18.1 Å². The van der Waals surface area contributed by atoms with Crippen LogP contribution in [0, 0.1) is 0 Å². The van der Waals surface area contributed by atoms with Gasteiger partial charge in [-0.2, -0.15) is 0 Å². The number of halogens is 2. The highest BCUT2D eigenvalue weighted by atomic mass is 35.5. The fraction of sp³-hybridized carbons (Fsp3) is 0.400. The predicted octanol–water partition coefficient (Wildman–Crippen LogP) is 3.64. The van der Waals surface area contributed by atoms with E-state index in [-0.39, 0.29) is 6.61 Å². The molecule has 0 heterocycles. The second-order valence-electron chi connectivity index (χ2n) is 6.03. The van der Waals surface area contributed by atoms with E-state index < -0.39 is 0 Å².